The summed E-state index contributed by atoms with van der Waals surface area (Å²) in [5.74, 6) is 0.815. The minimum Gasteiger partial charge on any atom is -0.231 e. The van der Waals surface area contributed by atoms with Crippen LogP contribution in [0, 0.1) is 11.3 Å². The van der Waals surface area contributed by atoms with Crippen molar-refractivity contribution in [3.63, 3.8) is 0 Å². The van der Waals surface area contributed by atoms with Crippen molar-refractivity contribution in [2.75, 3.05) is 0 Å². The summed E-state index contributed by atoms with van der Waals surface area (Å²) in [6, 6.07) is 13.7. The van der Waals surface area contributed by atoms with Gasteiger partial charge in [-0.05, 0) is 11.6 Å². The van der Waals surface area contributed by atoms with E-state index >= 15 is 0 Å². The lowest BCUT2D eigenvalue weighted by molar-refractivity contribution is 0.952. The van der Waals surface area contributed by atoms with Crippen molar-refractivity contribution in [2.45, 2.75) is 10.9 Å². The molecular weight excluding hydrogens is 218 g/mol. The Kier molecular flexibility index (Phi) is 3.52. The van der Waals surface area contributed by atoms with Gasteiger partial charge in [-0.2, -0.15) is 5.26 Å². The minimum absolute atomic E-state index is 0.408. The number of thioether (sulfide) groups is 1. The summed E-state index contributed by atoms with van der Waals surface area (Å²) < 4.78 is 0. The molecule has 78 valence electrons. The Labute approximate surface area is 98.2 Å². The van der Waals surface area contributed by atoms with Gasteiger partial charge in [0.2, 0.25) is 0 Å². The minimum atomic E-state index is 0.408. The van der Waals surface area contributed by atoms with Crippen LogP contribution < -0.4 is 0 Å². The molecule has 0 atom stereocenters. The highest BCUT2D eigenvalue weighted by molar-refractivity contribution is 7.98. The van der Waals surface area contributed by atoms with Gasteiger partial charge in [-0.3, -0.25) is 0 Å². The maximum absolute atomic E-state index is 8.70. The maximum atomic E-state index is 8.70. The predicted octanol–water partition coefficient (Wildman–Crippen LogP) is 2.64. The summed E-state index contributed by atoms with van der Waals surface area (Å²) in [7, 11) is 0. The molecule has 0 aliphatic heterocycles. The van der Waals surface area contributed by atoms with Gasteiger partial charge in [0.1, 0.15) is 11.8 Å². The Morgan fingerprint density at radius 1 is 1.19 bits per heavy atom. The molecule has 0 fully saturated rings. The number of hydrogen-bond acceptors (Lipinski definition) is 4. The van der Waals surface area contributed by atoms with E-state index in [-0.39, 0.29) is 0 Å². The molecule has 0 radical (unpaired) electrons. The van der Waals surface area contributed by atoms with Gasteiger partial charge in [0.05, 0.1) is 0 Å². The molecule has 1 aromatic heterocycles. The van der Waals surface area contributed by atoms with Gasteiger partial charge in [-0.1, -0.05) is 42.1 Å². The molecule has 3 nitrogen and oxygen atoms in total. The third-order valence-corrected chi connectivity index (χ3v) is 2.89. The van der Waals surface area contributed by atoms with Gasteiger partial charge in [-0.25, -0.2) is 9.97 Å². The highest BCUT2D eigenvalue weighted by Crippen LogP contribution is 2.18. The monoisotopic (exact) mass is 227 g/mol. The summed E-state index contributed by atoms with van der Waals surface area (Å²) in [4.78, 5) is 8.20. The molecule has 2 rings (SSSR count). The van der Waals surface area contributed by atoms with Crippen LogP contribution in [-0.4, -0.2) is 9.97 Å². The first-order valence-corrected chi connectivity index (χ1v) is 5.77. The standard InChI is InChI=1S/C12H9N3S/c13-8-11-6-7-14-12(15-11)16-9-10-4-2-1-3-5-10/h1-7H,9H2. The average molecular weight is 227 g/mol. The van der Waals surface area contributed by atoms with Crippen LogP contribution in [0.25, 0.3) is 0 Å². The van der Waals surface area contributed by atoms with E-state index in [1.165, 1.54) is 17.3 Å². The zero-order chi connectivity index (χ0) is 11.2. The van der Waals surface area contributed by atoms with Crippen molar-refractivity contribution in [3.8, 4) is 6.07 Å². The lowest BCUT2D eigenvalue weighted by atomic mass is 10.2. The summed E-state index contributed by atoms with van der Waals surface area (Å²) in [6.45, 7) is 0. The highest BCUT2D eigenvalue weighted by atomic mass is 32.2. The molecule has 0 spiro atoms. The Morgan fingerprint density at radius 2 is 2.00 bits per heavy atom. The second-order valence-electron chi connectivity index (χ2n) is 3.11. The van der Waals surface area contributed by atoms with Gasteiger partial charge in [0.15, 0.2) is 5.16 Å². The third kappa shape index (κ3) is 2.81. The zero-order valence-electron chi connectivity index (χ0n) is 8.50. The molecule has 0 N–H and O–H groups in total. The second-order valence-corrected chi connectivity index (χ2v) is 4.05. The first kappa shape index (κ1) is 10.7. The van der Waals surface area contributed by atoms with Crippen molar-refractivity contribution in [2.24, 2.45) is 0 Å². The van der Waals surface area contributed by atoms with E-state index in [1.54, 1.807) is 12.3 Å². The number of aromatic nitrogens is 2. The average Bonchev–Trinajstić information content (AvgIpc) is 2.38. The topological polar surface area (TPSA) is 49.6 Å². The Morgan fingerprint density at radius 3 is 2.75 bits per heavy atom. The van der Waals surface area contributed by atoms with Crippen molar-refractivity contribution in [1.29, 1.82) is 5.26 Å². The molecule has 0 saturated carbocycles. The van der Waals surface area contributed by atoms with Crippen molar-refractivity contribution in [1.82, 2.24) is 9.97 Å². The molecule has 0 aliphatic carbocycles. The van der Waals surface area contributed by atoms with Crippen LogP contribution in [0.5, 0.6) is 0 Å². The summed E-state index contributed by atoms with van der Waals surface area (Å²) in [6.07, 6.45) is 1.61. The van der Waals surface area contributed by atoms with Crippen LogP contribution in [0.1, 0.15) is 11.3 Å². The Hall–Kier alpha value is -1.86. The van der Waals surface area contributed by atoms with Crippen molar-refractivity contribution in [3.05, 3.63) is 53.9 Å². The number of rotatable bonds is 3. The van der Waals surface area contributed by atoms with E-state index in [2.05, 4.69) is 22.1 Å². The van der Waals surface area contributed by atoms with Crippen LogP contribution in [-0.2, 0) is 5.75 Å². The normalized spacial score (nSPS) is 9.69. The molecule has 1 heterocycles. The van der Waals surface area contributed by atoms with Crippen molar-refractivity contribution < 1.29 is 0 Å². The van der Waals surface area contributed by atoms with Crippen LogP contribution in [0.3, 0.4) is 0 Å². The number of nitrogens with zero attached hydrogens (tertiary/aromatic N) is 3. The quantitative estimate of drug-likeness (QED) is 0.597. The van der Waals surface area contributed by atoms with E-state index < -0.39 is 0 Å². The highest BCUT2D eigenvalue weighted by Gasteiger charge is 2.00. The Bertz CT molecular complexity index is 505. The van der Waals surface area contributed by atoms with E-state index in [0.717, 1.165) is 5.75 Å². The first-order chi connectivity index (χ1) is 7.88. The number of hydrogen-bond donors (Lipinski definition) is 0. The van der Waals surface area contributed by atoms with E-state index in [1.807, 2.05) is 24.3 Å². The van der Waals surface area contributed by atoms with E-state index in [9.17, 15) is 0 Å². The van der Waals surface area contributed by atoms with Gasteiger partial charge in [-0.15, -0.1) is 0 Å². The summed E-state index contributed by atoms with van der Waals surface area (Å²) in [5, 5.41) is 9.34. The number of nitriles is 1. The molecule has 2 aromatic rings. The molecule has 4 heteroatoms. The van der Waals surface area contributed by atoms with Crippen LogP contribution in [0.15, 0.2) is 47.8 Å². The van der Waals surface area contributed by atoms with Crippen LogP contribution in [0.4, 0.5) is 0 Å². The molecule has 0 saturated heterocycles. The predicted molar refractivity (Wildman–Crippen MR) is 62.8 cm³/mol. The first-order valence-electron chi connectivity index (χ1n) is 4.78. The van der Waals surface area contributed by atoms with Gasteiger partial charge in [0.25, 0.3) is 0 Å². The summed E-state index contributed by atoms with van der Waals surface area (Å²) >= 11 is 1.53. The largest absolute Gasteiger partial charge is 0.231 e. The van der Waals surface area contributed by atoms with E-state index in [0.29, 0.717) is 10.9 Å². The second kappa shape index (κ2) is 5.29. The lowest BCUT2D eigenvalue weighted by Crippen LogP contribution is -1.89. The van der Waals surface area contributed by atoms with Gasteiger partial charge >= 0.3 is 0 Å². The molecule has 16 heavy (non-hydrogen) atoms. The van der Waals surface area contributed by atoms with E-state index in [4.69, 9.17) is 5.26 Å². The third-order valence-electron chi connectivity index (χ3n) is 1.96. The molecule has 0 amide bonds. The maximum Gasteiger partial charge on any atom is 0.189 e. The smallest absolute Gasteiger partial charge is 0.189 e. The molecular formula is C12H9N3S. The fraction of sp³-hybridized carbons (Fsp3) is 0.0833. The zero-order valence-corrected chi connectivity index (χ0v) is 9.31. The fourth-order valence-corrected chi connectivity index (χ4v) is 1.98. The van der Waals surface area contributed by atoms with Gasteiger partial charge < -0.3 is 0 Å². The molecule has 0 aliphatic rings. The number of benzene rings is 1. The lowest BCUT2D eigenvalue weighted by Gasteiger charge is -2.00. The fourth-order valence-electron chi connectivity index (χ4n) is 1.19. The van der Waals surface area contributed by atoms with Crippen LogP contribution >= 0.6 is 11.8 Å². The van der Waals surface area contributed by atoms with Gasteiger partial charge in [0, 0.05) is 11.9 Å². The Balaban J connectivity index is 2.03. The molecule has 0 bridgehead atoms. The van der Waals surface area contributed by atoms with Crippen LogP contribution in [0.2, 0.25) is 0 Å². The SMILES string of the molecule is N#Cc1ccnc(SCc2ccccc2)n1. The molecule has 0 unspecified atom stereocenters. The molecule has 1 aromatic carbocycles. The summed E-state index contributed by atoms with van der Waals surface area (Å²) in [5.41, 5.74) is 1.63. The van der Waals surface area contributed by atoms with Crippen molar-refractivity contribution >= 4 is 11.8 Å².